The van der Waals surface area contributed by atoms with Gasteiger partial charge in [-0.3, -0.25) is 0 Å². The summed E-state index contributed by atoms with van der Waals surface area (Å²) in [5, 5.41) is 10.2. The third-order valence-corrected chi connectivity index (χ3v) is 6.01. The smallest absolute Gasteiger partial charge is 0.321 e. The molecule has 1 N–H and O–H groups in total. The Morgan fingerprint density at radius 3 is 2.50 bits per heavy atom. The summed E-state index contributed by atoms with van der Waals surface area (Å²) >= 11 is 0. The van der Waals surface area contributed by atoms with Crippen LogP contribution < -0.4 is 4.74 Å². The van der Waals surface area contributed by atoms with Gasteiger partial charge in [0.15, 0.2) is 0 Å². The van der Waals surface area contributed by atoms with Gasteiger partial charge >= 0.3 is 6.03 Å². The van der Waals surface area contributed by atoms with E-state index in [1.807, 2.05) is 36.9 Å². The molecular weight excluding hydrogens is 354 g/mol. The van der Waals surface area contributed by atoms with Crippen LogP contribution in [-0.4, -0.2) is 76.3 Å². The standard InChI is InChI=1S/C22H35N3O3/c1-17(2)24-16-22(9-11-23(12-10-22)15-21(3,4)27)25(20(24)26)14-18-7-6-8-19(13-18)28-5/h6-8,13,17,27H,9-12,14-16H2,1-5H3. The van der Waals surface area contributed by atoms with Gasteiger partial charge in [-0.1, -0.05) is 12.1 Å². The number of hydrogen-bond donors (Lipinski definition) is 1. The van der Waals surface area contributed by atoms with Gasteiger partial charge in [0, 0.05) is 38.8 Å². The third-order valence-electron chi connectivity index (χ3n) is 6.01. The van der Waals surface area contributed by atoms with Gasteiger partial charge in [0.1, 0.15) is 5.75 Å². The van der Waals surface area contributed by atoms with Crippen molar-refractivity contribution in [1.29, 1.82) is 0 Å². The number of nitrogens with zero attached hydrogens (tertiary/aromatic N) is 3. The van der Waals surface area contributed by atoms with Gasteiger partial charge in [0.2, 0.25) is 0 Å². The molecule has 0 unspecified atom stereocenters. The van der Waals surface area contributed by atoms with E-state index in [0.29, 0.717) is 13.1 Å². The number of methoxy groups -OCH3 is 1. The van der Waals surface area contributed by atoms with Crippen molar-refractivity contribution in [2.45, 2.75) is 64.3 Å². The fourth-order valence-electron chi connectivity index (χ4n) is 4.52. The minimum atomic E-state index is -0.694. The van der Waals surface area contributed by atoms with Crippen molar-refractivity contribution < 1.29 is 14.6 Å². The summed E-state index contributed by atoms with van der Waals surface area (Å²) in [4.78, 5) is 19.7. The number of benzene rings is 1. The number of hydrogen-bond acceptors (Lipinski definition) is 4. The van der Waals surface area contributed by atoms with Crippen LogP contribution in [0.4, 0.5) is 4.79 Å². The van der Waals surface area contributed by atoms with Crippen LogP contribution in [0.3, 0.4) is 0 Å². The predicted octanol–water partition coefficient (Wildman–Crippen LogP) is 2.95. The Labute approximate surface area is 169 Å². The van der Waals surface area contributed by atoms with Crippen molar-refractivity contribution in [3.63, 3.8) is 0 Å². The van der Waals surface area contributed by atoms with Crippen LogP contribution in [0.5, 0.6) is 5.75 Å². The zero-order valence-corrected chi connectivity index (χ0v) is 17.9. The fourth-order valence-corrected chi connectivity index (χ4v) is 4.52. The summed E-state index contributed by atoms with van der Waals surface area (Å²) in [5.41, 5.74) is 0.262. The Balaban J connectivity index is 1.80. The van der Waals surface area contributed by atoms with Crippen LogP contribution in [0, 0.1) is 0 Å². The van der Waals surface area contributed by atoms with Crippen molar-refractivity contribution in [1.82, 2.24) is 14.7 Å². The molecule has 28 heavy (non-hydrogen) atoms. The SMILES string of the molecule is COc1cccc(CN2C(=O)N(C(C)C)CC23CCN(CC(C)(C)O)CC3)c1. The number of amides is 2. The average Bonchev–Trinajstić information content (AvgIpc) is 2.89. The predicted molar refractivity (Wildman–Crippen MR) is 110 cm³/mol. The molecule has 2 fully saturated rings. The summed E-state index contributed by atoms with van der Waals surface area (Å²) in [6.45, 7) is 11.7. The second-order valence-electron chi connectivity index (χ2n) is 9.25. The van der Waals surface area contributed by atoms with E-state index < -0.39 is 5.60 Å². The van der Waals surface area contributed by atoms with Crippen LogP contribution in [0.2, 0.25) is 0 Å². The first-order chi connectivity index (χ1) is 13.1. The Bertz CT molecular complexity index is 691. The lowest BCUT2D eigenvalue weighted by atomic mass is 9.85. The lowest BCUT2D eigenvalue weighted by Crippen LogP contribution is -2.55. The Kier molecular flexibility index (Phi) is 5.92. The van der Waals surface area contributed by atoms with E-state index in [1.54, 1.807) is 7.11 Å². The lowest BCUT2D eigenvalue weighted by molar-refractivity contribution is 0.00519. The molecule has 1 aromatic carbocycles. The Hall–Kier alpha value is -1.79. The summed E-state index contributed by atoms with van der Waals surface area (Å²) in [6.07, 6.45) is 1.87. The number of rotatable bonds is 6. The van der Waals surface area contributed by atoms with Crippen LogP contribution >= 0.6 is 0 Å². The van der Waals surface area contributed by atoms with E-state index in [0.717, 1.165) is 43.8 Å². The maximum absolute atomic E-state index is 13.3. The van der Waals surface area contributed by atoms with E-state index in [4.69, 9.17) is 4.74 Å². The Morgan fingerprint density at radius 1 is 1.25 bits per heavy atom. The summed E-state index contributed by atoms with van der Waals surface area (Å²) in [7, 11) is 1.67. The first-order valence-corrected chi connectivity index (χ1v) is 10.3. The topological polar surface area (TPSA) is 56.2 Å². The van der Waals surface area contributed by atoms with Crippen LogP contribution in [-0.2, 0) is 6.54 Å². The molecule has 0 aromatic heterocycles. The molecule has 0 atom stereocenters. The van der Waals surface area contributed by atoms with Crippen molar-refractivity contribution in [2.24, 2.45) is 0 Å². The molecule has 2 aliphatic rings. The molecule has 3 rings (SSSR count). The highest BCUT2D eigenvalue weighted by molar-refractivity contribution is 5.78. The largest absolute Gasteiger partial charge is 0.497 e. The number of carbonyl (C=O) groups is 1. The maximum atomic E-state index is 13.3. The van der Waals surface area contributed by atoms with Crippen molar-refractivity contribution in [3.05, 3.63) is 29.8 Å². The quantitative estimate of drug-likeness (QED) is 0.813. The van der Waals surface area contributed by atoms with Crippen molar-refractivity contribution >= 4 is 6.03 Å². The molecule has 0 saturated carbocycles. The Morgan fingerprint density at radius 2 is 1.93 bits per heavy atom. The van der Waals surface area contributed by atoms with E-state index >= 15 is 0 Å². The molecule has 0 bridgehead atoms. The second-order valence-corrected chi connectivity index (χ2v) is 9.25. The molecule has 6 nitrogen and oxygen atoms in total. The minimum Gasteiger partial charge on any atom is -0.497 e. The van der Waals surface area contributed by atoms with Gasteiger partial charge in [0.25, 0.3) is 0 Å². The summed E-state index contributed by atoms with van der Waals surface area (Å²) in [6, 6.07) is 8.31. The average molecular weight is 390 g/mol. The minimum absolute atomic E-state index is 0.133. The van der Waals surface area contributed by atoms with E-state index in [-0.39, 0.29) is 17.6 Å². The highest BCUT2D eigenvalue weighted by Crippen LogP contribution is 2.38. The van der Waals surface area contributed by atoms with Crippen molar-refractivity contribution in [3.8, 4) is 5.75 Å². The van der Waals surface area contributed by atoms with Crippen molar-refractivity contribution in [2.75, 3.05) is 33.3 Å². The summed E-state index contributed by atoms with van der Waals surface area (Å²) < 4.78 is 5.36. The highest BCUT2D eigenvalue weighted by Gasteiger charge is 2.51. The number of ether oxygens (including phenoxy) is 1. The third kappa shape index (κ3) is 4.44. The first-order valence-electron chi connectivity index (χ1n) is 10.3. The zero-order valence-electron chi connectivity index (χ0n) is 17.9. The number of urea groups is 1. The lowest BCUT2D eigenvalue weighted by Gasteiger charge is -2.45. The van der Waals surface area contributed by atoms with Crippen LogP contribution in [0.1, 0.15) is 46.1 Å². The number of carbonyl (C=O) groups excluding carboxylic acids is 1. The van der Waals surface area contributed by atoms with Crippen LogP contribution in [0.25, 0.3) is 0 Å². The van der Waals surface area contributed by atoms with Gasteiger partial charge in [-0.25, -0.2) is 4.79 Å². The normalized spacial score (nSPS) is 20.5. The van der Waals surface area contributed by atoms with Gasteiger partial charge < -0.3 is 24.5 Å². The number of aliphatic hydroxyl groups is 1. The number of piperidine rings is 1. The molecule has 2 heterocycles. The molecule has 0 radical (unpaired) electrons. The molecule has 2 amide bonds. The highest BCUT2D eigenvalue weighted by atomic mass is 16.5. The zero-order chi connectivity index (χ0) is 20.5. The fraction of sp³-hybridized carbons (Fsp3) is 0.682. The molecule has 156 valence electrons. The second kappa shape index (κ2) is 7.91. The monoisotopic (exact) mass is 389 g/mol. The number of likely N-dealkylation sites (tertiary alicyclic amines) is 1. The molecule has 1 aromatic rings. The first kappa shape index (κ1) is 20.9. The maximum Gasteiger partial charge on any atom is 0.321 e. The van der Waals surface area contributed by atoms with Crippen LogP contribution in [0.15, 0.2) is 24.3 Å². The van der Waals surface area contributed by atoms with Gasteiger partial charge in [0.05, 0.1) is 18.2 Å². The van der Waals surface area contributed by atoms with Gasteiger partial charge in [-0.05, 0) is 58.2 Å². The van der Waals surface area contributed by atoms with E-state index in [1.165, 1.54) is 0 Å². The van der Waals surface area contributed by atoms with E-state index in [9.17, 15) is 9.90 Å². The molecule has 6 heteroatoms. The molecular formula is C22H35N3O3. The molecule has 2 saturated heterocycles. The number of β-amino-alcohol motifs (C(OH)–C–C–N with tert-alkyl or cyclic N) is 1. The van der Waals surface area contributed by atoms with Gasteiger partial charge in [-0.15, -0.1) is 0 Å². The molecule has 1 spiro atoms. The molecule has 2 aliphatic heterocycles. The molecule has 0 aliphatic carbocycles. The van der Waals surface area contributed by atoms with E-state index in [2.05, 4.69) is 29.7 Å². The summed E-state index contributed by atoms with van der Waals surface area (Å²) in [5.74, 6) is 0.818. The van der Waals surface area contributed by atoms with Gasteiger partial charge in [-0.2, -0.15) is 0 Å².